The summed E-state index contributed by atoms with van der Waals surface area (Å²) in [5.41, 5.74) is 10.9. The van der Waals surface area contributed by atoms with Crippen molar-refractivity contribution in [1.82, 2.24) is 29.3 Å². The minimum absolute atomic E-state index is 0.0506. The van der Waals surface area contributed by atoms with E-state index < -0.39 is 0 Å². The fourth-order valence-electron chi connectivity index (χ4n) is 7.49. The quantitative estimate of drug-likeness (QED) is 0.335. The van der Waals surface area contributed by atoms with Crippen molar-refractivity contribution in [2.75, 3.05) is 27.3 Å². The van der Waals surface area contributed by atoms with Gasteiger partial charge in [-0.15, -0.1) is 0 Å². The van der Waals surface area contributed by atoms with Crippen LogP contribution in [-0.4, -0.2) is 75.3 Å². The molecule has 2 fully saturated rings. The zero-order valence-corrected chi connectivity index (χ0v) is 27.3. The predicted molar refractivity (Wildman–Crippen MR) is 177 cm³/mol. The SMILES string of the molecule is COc1cc(C(=O)N2CC[C@@H](OC)[C@@H](N)C2)cc2nc(-c3cc4ccc5nc4n3CCCCCCC3(CC3)C(=O)N[C@@H]5C)n(C)c12. The third-order valence-electron chi connectivity index (χ3n) is 10.5. The number of nitrogens with two attached hydrogens (primary N) is 1. The number of aryl methyl sites for hydroxylation is 2. The maximum absolute atomic E-state index is 13.7. The summed E-state index contributed by atoms with van der Waals surface area (Å²) in [4.78, 5) is 38.9. The Morgan fingerprint density at radius 3 is 2.59 bits per heavy atom. The van der Waals surface area contributed by atoms with Crippen molar-refractivity contribution in [2.45, 2.75) is 83.0 Å². The number of amides is 2. The average Bonchev–Trinajstić information content (AvgIpc) is 3.67. The summed E-state index contributed by atoms with van der Waals surface area (Å²) in [5, 5.41) is 4.29. The predicted octanol–water partition coefficient (Wildman–Crippen LogP) is 4.71. The molecule has 7 rings (SSSR count). The summed E-state index contributed by atoms with van der Waals surface area (Å²) in [6.07, 6.45) is 7.85. The lowest BCUT2D eigenvalue weighted by Crippen LogP contribution is -2.53. The lowest BCUT2D eigenvalue weighted by atomic mass is 9.96. The molecule has 3 atom stereocenters. The maximum atomic E-state index is 13.7. The number of aromatic nitrogens is 4. The van der Waals surface area contributed by atoms with Gasteiger partial charge in [0, 0.05) is 56.2 Å². The largest absolute Gasteiger partial charge is 0.494 e. The first-order valence-electron chi connectivity index (χ1n) is 16.7. The van der Waals surface area contributed by atoms with Gasteiger partial charge in [0.25, 0.3) is 5.91 Å². The number of piperidine rings is 1. The van der Waals surface area contributed by atoms with Crippen molar-refractivity contribution in [1.29, 1.82) is 0 Å². The molecule has 1 aliphatic carbocycles. The Morgan fingerprint density at radius 1 is 1.04 bits per heavy atom. The van der Waals surface area contributed by atoms with E-state index in [4.69, 9.17) is 25.2 Å². The van der Waals surface area contributed by atoms with Gasteiger partial charge in [0.05, 0.1) is 36.2 Å². The Balaban J connectivity index is 1.27. The summed E-state index contributed by atoms with van der Waals surface area (Å²) in [6, 6.07) is 9.50. The van der Waals surface area contributed by atoms with E-state index in [0.29, 0.717) is 36.3 Å². The molecule has 1 spiro atoms. The molecule has 1 saturated carbocycles. The molecular weight excluding hydrogens is 582 g/mol. The third kappa shape index (κ3) is 5.33. The summed E-state index contributed by atoms with van der Waals surface area (Å²) >= 11 is 0. The van der Waals surface area contributed by atoms with Crippen LogP contribution in [0.5, 0.6) is 5.75 Å². The van der Waals surface area contributed by atoms with Gasteiger partial charge in [0.2, 0.25) is 5.91 Å². The van der Waals surface area contributed by atoms with Gasteiger partial charge in [0.15, 0.2) is 5.82 Å². The van der Waals surface area contributed by atoms with Crippen molar-refractivity contribution in [2.24, 2.45) is 18.2 Å². The van der Waals surface area contributed by atoms with Crippen LogP contribution in [0.25, 0.3) is 33.6 Å². The first kappa shape index (κ1) is 30.7. The van der Waals surface area contributed by atoms with Crippen LogP contribution >= 0.6 is 0 Å². The number of nitrogens with zero attached hydrogens (tertiary/aromatic N) is 5. The lowest BCUT2D eigenvalue weighted by molar-refractivity contribution is -0.127. The van der Waals surface area contributed by atoms with Crippen LogP contribution in [0.15, 0.2) is 30.3 Å². The normalized spacial score (nSPS) is 23.5. The highest BCUT2D eigenvalue weighted by Gasteiger charge is 2.49. The number of pyridine rings is 1. The highest BCUT2D eigenvalue weighted by molar-refractivity contribution is 6.00. The van der Waals surface area contributed by atoms with Crippen LogP contribution in [0, 0.1) is 5.41 Å². The molecule has 2 aliphatic heterocycles. The van der Waals surface area contributed by atoms with Crippen molar-refractivity contribution < 1.29 is 19.1 Å². The van der Waals surface area contributed by atoms with E-state index in [0.717, 1.165) is 85.3 Å². The lowest BCUT2D eigenvalue weighted by Gasteiger charge is -2.36. The number of likely N-dealkylation sites (tertiary alicyclic amines) is 1. The van der Waals surface area contributed by atoms with Gasteiger partial charge >= 0.3 is 0 Å². The summed E-state index contributed by atoms with van der Waals surface area (Å²) in [7, 11) is 5.27. The number of carbonyl (C=O) groups excluding carboxylic acids is 2. The molecule has 1 saturated heterocycles. The van der Waals surface area contributed by atoms with E-state index in [1.165, 1.54) is 0 Å². The molecule has 4 aromatic rings. The van der Waals surface area contributed by atoms with Gasteiger partial charge in [-0.3, -0.25) is 9.59 Å². The summed E-state index contributed by atoms with van der Waals surface area (Å²) in [5.74, 6) is 1.45. The van der Waals surface area contributed by atoms with E-state index >= 15 is 0 Å². The molecule has 46 heavy (non-hydrogen) atoms. The van der Waals surface area contributed by atoms with Gasteiger partial charge in [0.1, 0.15) is 16.9 Å². The third-order valence-corrected chi connectivity index (χ3v) is 10.5. The molecule has 3 aliphatic rings. The van der Waals surface area contributed by atoms with Crippen molar-refractivity contribution >= 4 is 33.9 Å². The molecule has 244 valence electrons. The molecule has 1 aromatic carbocycles. The first-order valence-corrected chi connectivity index (χ1v) is 16.7. The monoisotopic (exact) mass is 627 g/mol. The second-order valence-electron chi connectivity index (χ2n) is 13.5. The molecule has 2 amide bonds. The van der Waals surface area contributed by atoms with Crippen molar-refractivity contribution in [3.63, 3.8) is 0 Å². The Hall–Kier alpha value is -3.96. The highest BCUT2D eigenvalue weighted by atomic mass is 16.5. The number of imidazole rings is 1. The zero-order chi connectivity index (χ0) is 32.2. The Kier molecular flexibility index (Phi) is 8.01. The fraction of sp³-hybridized carbons (Fsp3) is 0.543. The number of hydrogen-bond acceptors (Lipinski definition) is 7. The Labute approximate surface area is 269 Å². The molecule has 0 unspecified atom stereocenters. The van der Waals surface area contributed by atoms with Crippen LogP contribution in [0.3, 0.4) is 0 Å². The minimum atomic E-state index is -0.234. The minimum Gasteiger partial charge on any atom is -0.494 e. The van der Waals surface area contributed by atoms with Gasteiger partial charge in [-0.2, -0.15) is 0 Å². The Bertz CT molecular complexity index is 1810. The number of carbonyl (C=O) groups is 2. The van der Waals surface area contributed by atoms with Crippen LogP contribution in [-0.2, 0) is 23.1 Å². The van der Waals surface area contributed by atoms with E-state index in [2.05, 4.69) is 22.0 Å². The smallest absolute Gasteiger partial charge is 0.254 e. The molecule has 3 aromatic heterocycles. The summed E-state index contributed by atoms with van der Waals surface area (Å²) in [6.45, 7) is 3.84. The number of nitrogens with one attached hydrogen (secondary N) is 1. The number of rotatable bonds is 4. The van der Waals surface area contributed by atoms with E-state index in [1.807, 2.05) is 30.7 Å². The number of fused-ring (bicyclic) bond motifs is 2. The van der Waals surface area contributed by atoms with Crippen molar-refractivity contribution in [3.8, 4) is 17.3 Å². The highest BCUT2D eigenvalue weighted by Crippen LogP contribution is 2.50. The molecular formula is C35H45N7O4. The van der Waals surface area contributed by atoms with E-state index in [9.17, 15) is 9.59 Å². The van der Waals surface area contributed by atoms with Crippen LogP contribution in [0.4, 0.5) is 0 Å². The Morgan fingerprint density at radius 2 is 1.85 bits per heavy atom. The first-order chi connectivity index (χ1) is 22.2. The van der Waals surface area contributed by atoms with Gasteiger partial charge in [-0.25, -0.2) is 9.97 Å². The van der Waals surface area contributed by atoms with Gasteiger partial charge < -0.3 is 34.6 Å². The second-order valence-corrected chi connectivity index (χ2v) is 13.5. The van der Waals surface area contributed by atoms with Crippen molar-refractivity contribution in [3.05, 3.63) is 41.6 Å². The fourth-order valence-corrected chi connectivity index (χ4v) is 7.49. The molecule has 3 N–H and O–H groups in total. The molecule has 11 heteroatoms. The number of methoxy groups -OCH3 is 2. The molecule has 0 radical (unpaired) electrons. The second kappa shape index (κ2) is 12.0. The average molecular weight is 628 g/mol. The van der Waals surface area contributed by atoms with Gasteiger partial charge in [-0.05, 0) is 69.4 Å². The number of hydrogen-bond donors (Lipinski definition) is 2. The number of benzene rings is 1. The van der Waals surface area contributed by atoms with Gasteiger partial charge in [-0.1, -0.05) is 19.3 Å². The zero-order valence-electron chi connectivity index (χ0n) is 27.3. The maximum Gasteiger partial charge on any atom is 0.254 e. The standard InChI is InChI=1S/C35H45N7O4/c1-21-25-10-9-22-18-27(42(31(22)38-25)15-8-6-5-7-12-35(13-14-35)34(44)37-21)32-39-26-17-23(19-29(46-4)30(26)40(32)2)33(43)41-16-11-28(45-3)24(36)20-41/h9-10,17-19,21,24,28H,5-8,11-16,20,36H2,1-4H3,(H,37,44)/t21-,24+,28-/m1/s1. The molecule has 5 heterocycles. The summed E-state index contributed by atoms with van der Waals surface area (Å²) < 4.78 is 15.6. The topological polar surface area (TPSA) is 130 Å². The van der Waals surface area contributed by atoms with E-state index in [-0.39, 0.29) is 35.4 Å². The molecule has 2 bridgehead atoms. The van der Waals surface area contributed by atoms with Crippen LogP contribution in [0.2, 0.25) is 0 Å². The van der Waals surface area contributed by atoms with Crippen LogP contribution < -0.4 is 15.8 Å². The number of ether oxygens (including phenoxy) is 2. The molecule has 11 nitrogen and oxygen atoms in total. The van der Waals surface area contributed by atoms with E-state index in [1.54, 1.807) is 25.2 Å². The van der Waals surface area contributed by atoms with Crippen LogP contribution in [0.1, 0.15) is 80.4 Å².